The molecule has 4 heteroatoms. The van der Waals surface area contributed by atoms with Crippen LogP contribution in [0.3, 0.4) is 0 Å². The van der Waals surface area contributed by atoms with E-state index in [1.54, 1.807) is 0 Å². The lowest BCUT2D eigenvalue weighted by atomic mass is 10.2. The second-order valence-electron chi connectivity index (χ2n) is 4.72. The minimum absolute atomic E-state index is 0.0134. The average molecular weight is 242 g/mol. The zero-order valence-electron chi connectivity index (χ0n) is 11.3. The lowest BCUT2D eigenvalue weighted by Gasteiger charge is -2.08. The molecule has 0 radical (unpaired) electrons. The van der Waals surface area contributed by atoms with Crippen LogP contribution in [0.4, 0.5) is 0 Å². The summed E-state index contributed by atoms with van der Waals surface area (Å²) in [5.74, 6) is 0.0559. The zero-order valence-corrected chi connectivity index (χ0v) is 11.3. The first kappa shape index (κ1) is 16.1. The Kier molecular flexibility index (Phi) is 9.72. The van der Waals surface area contributed by atoms with Crippen LogP contribution in [0.15, 0.2) is 0 Å². The van der Waals surface area contributed by atoms with Crippen LogP contribution < -0.4 is 10.6 Å². The van der Waals surface area contributed by atoms with Crippen molar-refractivity contribution in [3.8, 4) is 0 Å². The molecule has 4 nitrogen and oxygen atoms in total. The van der Waals surface area contributed by atoms with Crippen molar-refractivity contribution >= 4 is 11.7 Å². The molecule has 0 aliphatic heterocycles. The molecule has 100 valence electrons. The van der Waals surface area contributed by atoms with E-state index in [1.165, 1.54) is 6.92 Å². The van der Waals surface area contributed by atoms with Gasteiger partial charge in [-0.05, 0) is 26.3 Å². The topological polar surface area (TPSA) is 58.2 Å². The Morgan fingerprint density at radius 2 is 1.65 bits per heavy atom. The third-order valence-corrected chi connectivity index (χ3v) is 2.43. The molecule has 0 unspecified atom stereocenters. The predicted molar refractivity (Wildman–Crippen MR) is 69.9 cm³/mol. The smallest absolute Gasteiger partial charge is 0.220 e. The fourth-order valence-electron chi connectivity index (χ4n) is 1.42. The van der Waals surface area contributed by atoms with Crippen LogP contribution in [0.1, 0.15) is 52.9 Å². The third kappa shape index (κ3) is 13.0. The minimum atomic E-state index is -0.0134. The summed E-state index contributed by atoms with van der Waals surface area (Å²) in [6.45, 7) is 7.54. The number of unbranched alkanes of at least 4 members (excludes halogenated alkanes) is 2. The molecule has 0 aromatic rings. The van der Waals surface area contributed by atoms with Crippen LogP contribution in [0.2, 0.25) is 0 Å². The Hall–Kier alpha value is -0.900. The van der Waals surface area contributed by atoms with E-state index in [-0.39, 0.29) is 11.7 Å². The van der Waals surface area contributed by atoms with Gasteiger partial charge in [0.25, 0.3) is 0 Å². The molecular weight excluding hydrogens is 216 g/mol. The quantitative estimate of drug-likeness (QED) is 0.573. The highest BCUT2D eigenvalue weighted by Gasteiger charge is 2.02. The third-order valence-electron chi connectivity index (χ3n) is 2.43. The van der Waals surface area contributed by atoms with Gasteiger partial charge < -0.3 is 15.4 Å². The number of ketones is 1. The first-order valence-corrected chi connectivity index (χ1v) is 6.52. The summed E-state index contributed by atoms with van der Waals surface area (Å²) in [6.07, 6.45) is 3.94. The molecule has 0 atom stereocenters. The van der Waals surface area contributed by atoms with Crippen LogP contribution in [-0.2, 0) is 9.59 Å². The number of hydrogen-bond donors (Lipinski definition) is 2. The molecule has 0 heterocycles. The van der Waals surface area contributed by atoms with Crippen LogP contribution in [0.25, 0.3) is 0 Å². The van der Waals surface area contributed by atoms with E-state index in [9.17, 15) is 9.59 Å². The van der Waals surface area contributed by atoms with E-state index in [2.05, 4.69) is 24.5 Å². The van der Waals surface area contributed by atoms with Crippen LogP contribution in [0.5, 0.6) is 0 Å². The van der Waals surface area contributed by atoms with Gasteiger partial charge in [0.1, 0.15) is 5.78 Å². The number of carbonyl (C=O) groups excluding carboxylic acids is 2. The Balaban J connectivity index is 3.22. The van der Waals surface area contributed by atoms with Gasteiger partial charge >= 0.3 is 0 Å². The van der Waals surface area contributed by atoms with E-state index in [0.29, 0.717) is 18.9 Å². The van der Waals surface area contributed by atoms with Gasteiger partial charge in [0, 0.05) is 25.4 Å². The summed E-state index contributed by atoms with van der Waals surface area (Å²) in [5, 5.41) is 6.18. The van der Waals surface area contributed by atoms with Crippen molar-refractivity contribution in [3.05, 3.63) is 0 Å². The first-order valence-electron chi connectivity index (χ1n) is 6.52. The van der Waals surface area contributed by atoms with Gasteiger partial charge in [-0.2, -0.15) is 0 Å². The molecule has 0 bridgehead atoms. The zero-order chi connectivity index (χ0) is 13.1. The van der Waals surface area contributed by atoms with Gasteiger partial charge in [-0.25, -0.2) is 0 Å². The van der Waals surface area contributed by atoms with Crippen LogP contribution in [0, 0.1) is 0 Å². The molecule has 0 rings (SSSR count). The fourth-order valence-corrected chi connectivity index (χ4v) is 1.42. The number of carbonyl (C=O) groups is 2. The van der Waals surface area contributed by atoms with Gasteiger partial charge in [-0.3, -0.25) is 4.79 Å². The molecule has 0 aliphatic carbocycles. The Bertz CT molecular complexity index is 227. The molecule has 0 spiro atoms. The van der Waals surface area contributed by atoms with Gasteiger partial charge in [-0.1, -0.05) is 20.3 Å². The highest BCUT2D eigenvalue weighted by molar-refractivity contribution is 5.83. The minimum Gasteiger partial charge on any atom is -0.356 e. The molecule has 0 saturated carbocycles. The van der Waals surface area contributed by atoms with E-state index < -0.39 is 0 Å². The second kappa shape index (κ2) is 10.3. The van der Waals surface area contributed by atoms with Gasteiger partial charge in [0.15, 0.2) is 0 Å². The van der Waals surface area contributed by atoms with E-state index in [1.807, 2.05) is 0 Å². The molecule has 0 aliphatic rings. The maximum atomic E-state index is 11.2. The van der Waals surface area contributed by atoms with Gasteiger partial charge in [0.05, 0.1) is 0 Å². The summed E-state index contributed by atoms with van der Waals surface area (Å²) >= 11 is 0. The van der Waals surface area contributed by atoms with Crippen molar-refractivity contribution in [2.75, 3.05) is 13.1 Å². The fraction of sp³-hybridized carbons (Fsp3) is 0.846. The van der Waals surface area contributed by atoms with Gasteiger partial charge in [0.2, 0.25) is 5.91 Å². The van der Waals surface area contributed by atoms with Crippen LogP contribution >= 0.6 is 0 Å². The van der Waals surface area contributed by atoms with E-state index in [4.69, 9.17) is 0 Å². The van der Waals surface area contributed by atoms with Crippen molar-refractivity contribution < 1.29 is 9.59 Å². The van der Waals surface area contributed by atoms with E-state index in [0.717, 1.165) is 32.4 Å². The molecule has 2 N–H and O–H groups in total. The van der Waals surface area contributed by atoms with Crippen molar-refractivity contribution in [3.63, 3.8) is 0 Å². The molecule has 0 fully saturated rings. The van der Waals surface area contributed by atoms with Crippen molar-refractivity contribution in [2.45, 2.75) is 58.9 Å². The average Bonchev–Trinajstić information content (AvgIpc) is 2.24. The molecular formula is C13H26N2O2. The molecule has 0 saturated heterocycles. The summed E-state index contributed by atoms with van der Waals surface area (Å²) < 4.78 is 0. The highest BCUT2D eigenvalue weighted by atomic mass is 16.2. The summed E-state index contributed by atoms with van der Waals surface area (Å²) in [7, 11) is 0. The largest absolute Gasteiger partial charge is 0.356 e. The van der Waals surface area contributed by atoms with Crippen molar-refractivity contribution in [1.29, 1.82) is 0 Å². The molecule has 1 amide bonds. The number of Topliss-reactive ketones (excluding diaryl/α,β-unsaturated/α-hetero) is 1. The predicted octanol–water partition coefficient (Wildman–Crippen LogP) is 1.64. The van der Waals surface area contributed by atoms with Gasteiger partial charge in [-0.15, -0.1) is 0 Å². The lowest BCUT2D eigenvalue weighted by Crippen LogP contribution is -2.25. The van der Waals surface area contributed by atoms with Crippen molar-refractivity contribution in [1.82, 2.24) is 10.6 Å². The molecule has 17 heavy (non-hydrogen) atoms. The normalized spacial score (nSPS) is 10.6. The van der Waals surface area contributed by atoms with E-state index >= 15 is 0 Å². The Labute approximate surface area is 105 Å². The number of amides is 1. The first-order chi connectivity index (χ1) is 8.02. The molecule has 0 aromatic carbocycles. The SMILES string of the molecule is CC(=O)CCC(=O)NCCCCCNC(C)C. The Morgan fingerprint density at radius 3 is 2.24 bits per heavy atom. The standard InChI is InChI=1S/C13H26N2O2/c1-11(2)14-9-5-4-6-10-15-13(17)8-7-12(3)16/h11,14H,4-10H2,1-3H3,(H,15,17). The maximum absolute atomic E-state index is 11.2. The number of hydrogen-bond acceptors (Lipinski definition) is 3. The molecule has 0 aromatic heterocycles. The van der Waals surface area contributed by atoms with Crippen LogP contribution in [-0.4, -0.2) is 30.8 Å². The summed E-state index contributed by atoms with van der Waals surface area (Å²) in [6, 6.07) is 0.543. The lowest BCUT2D eigenvalue weighted by molar-refractivity contribution is -0.124. The number of rotatable bonds is 10. The maximum Gasteiger partial charge on any atom is 0.220 e. The van der Waals surface area contributed by atoms with Crippen molar-refractivity contribution in [2.24, 2.45) is 0 Å². The summed E-state index contributed by atoms with van der Waals surface area (Å²) in [5.41, 5.74) is 0. The summed E-state index contributed by atoms with van der Waals surface area (Å²) in [4.78, 5) is 21.9. The monoisotopic (exact) mass is 242 g/mol. The number of nitrogens with one attached hydrogen (secondary N) is 2. The highest BCUT2D eigenvalue weighted by Crippen LogP contribution is 1.94. The second-order valence-corrected chi connectivity index (χ2v) is 4.72. The Morgan fingerprint density at radius 1 is 1.00 bits per heavy atom.